The number of fused-ring (bicyclic) bond motifs is 3. The Bertz CT molecular complexity index is 749. The predicted octanol–water partition coefficient (Wildman–Crippen LogP) is 1.35. The van der Waals surface area contributed by atoms with Gasteiger partial charge >= 0.3 is 0 Å². The van der Waals surface area contributed by atoms with Crippen molar-refractivity contribution < 1.29 is 14.6 Å². The second-order valence-corrected chi connectivity index (χ2v) is 7.39. The van der Waals surface area contributed by atoms with Crippen LogP contribution in [0.5, 0.6) is 0 Å². The quantitative estimate of drug-likeness (QED) is 0.829. The lowest BCUT2D eigenvalue weighted by atomic mass is 9.99. The molecule has 1 amide bonds. The van der Waals surface area contributed by atoms with Crippen molar-refractivity contribution in [3.05, 3.63) is 41.7 Å². The van der Waals surface area contributed by atoms with Gasteiger partial charge in [-0.3, -0.25) is 4.79 Å². The van der Waals surface area contributed by atoms with Crippen LogP contribution in [0.25, 0.3) is 0 Å². The first kappa shape index (κ1) is 16.6. The van der Waals surface area contributed by atoms with Crippen LogP contribution < -0.4 is 0 Å². The van der Waals surface area contributed by atoms with Crippen LogP contribution >= 0.6 is 11.8 Å². The molecule has 0 unspecified atom stereocenters. The number of hydrogen-bond donors (Lipinski definition) is 1. The molecule has 1 fully saturated rings. The van der Waals surface area contributed by atoms with Crippen molar-refractivity contribution >= 4 is 17.7 Å². The molecule has 25 heavy (non-hydrogen) atoms. The Morgan fingerprint density at radius 1 is 1.36 bits per heavy atom. The first-order valence-electron chi connectivity index (χ1n) is 8.40. The van der Waals surface area contributed by atoms with Gasteiger partial charge in [-0.2, -0.15) is 0 Å². The van der Waals surface area contributed by atoms with E-state index in [1.165, 1.54) is 0 Å². The van der Waals surface area contributed by atoms with Crippen molar-refractivity contribution in [2.45, 2.75) is 30.1 Å². The fraction of sp³-hybridized carbons (Fsp3) is 0.471. The second-order valence-electron chi connectivity index (χ2n) is 6.22. The third-order valence-corrected chi connectivity index (χ3v) is 5.67. The molecule has 0 spiro atoms. The van der Waals surface area contributed by atoms with E-state index in [9.17, 15) is 4.79 Å². The van der Waals surface area contributed by atoms with Gasteiger partial charge in [-0.15, -0.1) is 16.9 Å². The van der Waals surface area contributed by atoms with Crippen LogP contribution in [-0.2, 0) is 11.3 Å². The highest BCUT2D eigenvalue weighted by Crippen LogP contribution is 2.30. The Morgan fingerprint density at radius 2 is 2.20 bits per heavy atom. The molecule has 0 aliphatic carbocycles. The Morgan fingerprint density at radius 3 is 3.00 bits per heavy atom. The number of thioether (sulfide) groups is 1. The largest absolute Gasteiger partial charge is 0.396 e. The predicted molar refractivity (Wildman–Crippen MR) is 92.4 cm³/mol. The monoisotopic (exact) mass is 360 g/mol. The standard InChI is InChI=1S/C17H20N4O3S/c22-7-8-25-14-3-1-12(2-4-14)17(23)20-6-5-16-15(10-20)21-13(11-24-16)9-18-19-21/h1-4,9,15-16,22H,5-8,10-11H2/t15-,16-/m0/s1. The lowest BCUT2D eigenvalue weighted by Crippen LogP contribution is -2.49. The number of hydrogen-bond acceptors (Lipinski definition) is 6. The van der Waals surface area contributed by atoms with Crippen molar-refractivity contribution in [3.63, 3.8) is 0 Å². The zero-order valence-corrected chi connectivity index (χ0v) is 14.6. The molecule has 132 valence electrons. The van der Waals surface area contributed by atoms with Crippen LogP contribution in [0.2, 0.25) is 0 Å². The Kier molecular flexibility index (Phi) is 4.74. The van der Waals surface area contributed by atoms with Gasteiger partial charge in [0.25, 0.3) is 5.91 Å². The van der Waals surface area contributed by atoms with Gasteiger partial charge in [0, 0.05) is 29.3 Å². The number of carbonyl (C=O) groups is 1. The smallest absolute Gasteiger partial charge is 0.253 e. The average Bonchev–Trinajstić information content (AvgIpc) is 3.15. The van der Waals surface area contributed by atoms with Crippen molar-refractivity contribution in [1.29, 1.82) is 0 Å². The molecule has 1 aromatic carbocycles. The van der Waals surface area contributed by atoms with Crippen molar-refractivity contribution in [2.24, 2.45) is 0 Å². The van der Waals surface area contributed by atoms with Gasteiger partial charge in [0.05, 0.1) is 37.3 Å². The molecular formula is C17H20N4O3S. The number of ether oxygens (including phenoxy) is 1. The minimum absolute atomic E-state index is 0.0309. The summed E-state index contributed by atoms with van der Waals surface area (Å²) < 4.78 is 7.80. The van der Waals surface area contributed by atoms with Crippen LogP contribution in [0.3, 0.4) is 0 Å². The molecule has 8 heteroatoms. The lowest BCUT2D eigenvalue weighted by Gasteiger charge is -2.41. The number of carbonyl (C=O) groups excluding carboxylic acids is 1. The number of piperidine rings is 1. The van der Waals surface area contributed by atoms with Crippen molar-refractivity contribution in [2.75, 3.05) is 25.4 Å². The highest BCUT2D eigenvalue weighted by molar-refractivity contribution is 7.99. The topological polar surface area (TPSA) is 80.5 Å². The third-order valence-electron chi connectivity index (χ3n) is 4.68. The van der Waals surface area contributed by atoms with Gasteiger partial charge < -0.3 is 14.7 Å². The molecular weight excluding hydrogens is 340 g/mol. The zero-order valence-electron chi connectivity index (χ0n) is 13.7. The fourth-order valence-corrected chi connectivity index (χ4v) is 4.06. The summed E-state index contributed by atoms with van der Waals surface area (Å²) in [5, 5.41) is 17.0. The van der Waals surface area contributed by atoms with Crippen LogP contribution in [-0.4, -0.2) is 62.5 Å². The highest BCUT2D eigenvalue weighted by Gasteiger charge is 2.37. The summed E-state index contributed by atoms with van der Waals surface area (Å²) in [5.74, 6) is 0.687. The summed E-state index contributed by atoms with van der Waals surface area (Å²) in [6.07, 6.45) is 2.62. The first-order chi connectivity index (χ1) is 12.3. The minimum atomic E-state index is 0.0309. The molecule has 7 nitrogen and oxygen atoms in total. The van der Waals surface area contributed by atoms with Crippen LogP contribution in [0.1, 0.15) is 28.5 Å². The summed E-state index contributed by atoms with van der Waals surface area (Å²) in [6, 6.07) is 7.60. The average molecular weight is 360 g/mol. The molecule has 2 aromatic rings. The Hall–Kier alpha value is -1.90. The molecule has 0 saturated carbocycles. The summed E-state index contributed by atoms with van der Waals surface area (Å²) in [4.78, 5) is 15.8. The second kappa shape index (κ2) is 7.15. The van der Waals surface area contributed by atoms with E-state index >= 15 is 0 Å². The van der Waals surface area contributed by atoms with Gasteiger partial charge in [-0.05, 0) is 30.7 Å². The summed E-state index contributed by atoms with van der Waals surface area (Å²) >= 11 is 1.57. The maximum Gasteiger partial charge on any atom is 0.253 e. The van der Waals surface area contributed by atoms with Crippen LogP contribution in [0.4, 0.5) is 0 Å². The first-order valence-corrected chi connectivity index (χ1v) is 9.38. The molecule has 1 saturated heterocycles. The van der Waals surface area contributed by atoms with Gasteiger partial charge in [0.1, 0.15) is 0 Å². The Labute approximate surface area is 150 Å². The lowest BCUT2D eigenvalue weighted by molar-refractivity contribution is -0.0605. The van der Waals surface area contributed by atoms with E-state index in [-0.39, 0.29) is 24.7 Å². The van der Waals surface area contributed by atoms with E-state index in [2.05, 4.69) is 10.3 Å². The van der Waals surface area contributed by atoms with E-state index in [1.807, 2.05) is 33.8 Å². The molecule has 0 radical (unpaired) electrons. The van der Waals surface area contributed by atoms with E-state index in [4.69, 9.17) is 9.84 Å². The van der Waals surface area contributed by atoms with Crippen LogP contribution in [0.15, 0.2) is 35.4 Å². The highest BCUT2D eigenvalue weighted by atomic mass is 32.2. The molecule has 2 atom stereocenters. The van der Waals surface area contributed by atoms with E-state index < -0.39 is 0 Å². The molecule has 1 N–H and O–H groups in total. The molecule has 0 bridgehead atoms. The number of nitrogens with zero attached hydrogens (tertiary/aromatic N) is 4. The van der Waals surface area contributed by atoms with Gasteiger partial charge in [-0.1, -0.05) is 5.21 Å². The molecule has 4 rings (SSSR count). The summed E-state index contributed by atoms with van der Waals surface area (Å²) in [7, 11) is 0. The van der Waals surface area contributed by atoms with Gasteiger partial charge in [0.15, 0.2) is 0 Å². The number of aliphatic hydroxyl groups excluding tert-OH is 1. The molecule has 3 heterocycles. The maximum absolute atomic E-state index is 12.8. The molecule has 1 aromatic heterocycles. The number of aromatic nitrogens is 3. The molecule has 2 aliphatic heterocycles. The van der Waals surface area contributed by atoms with E-state index in [1.54, 1.807) is 18.0 Å². The third kappa shape index (κ3) is 3.29. The number of amides is 1. The number of benzene rings is 1. The van der Waals surface area contributed by atoms with Crippen molar-refractivity contribution in [3.8, 4) is 0 Å². The van der Waals surface area contributed by atoms with E-state index in [0.717, 1.165) is 17.0 Å². The normalized spacial score (nSPS) is 22.4. The minimum Gasteiger partial charge on any atom is -0.396 e. The van der Waals surface area contributed by atoms with Crippen LogP contribution in [0, 0.1) is 0 Å². The summed E-state index contributed by atoms with van der Waals surface area (Å²) in [6.45, 7) is 1.95. The summed E-state index contributed by atoms with van der Waals surface area (Å²) in [5.41, 5.74) is 1.64. The maximum atomic E-state index is 12.8. The zero-order chi connectivity index (χ0) is 17.2. The van der Waals surface area contributed by atoms with Gasteiger partial charge in [0.2, 0.25) is 0 Å². The number of aliphatic hydroxyl groups is 1. The Balaban J connectivity index is 1.47. The number of rotatable bonds is 4. The fourth-order valence-electron chi connectivity index (χ4n) is 3.40. The number of likely N-dealkylation sites (tertiary alicyclic amines) is 1. The van der Waals surface area contributed by atoms with Gasteiger partial charge in [-0.25, -0.2) is 4.68 Å². The SMILES string of the molecule is O=C(c1ccc(SCCO)cc1)N1CC[C@@H]2OCc3cnnn3[C@H]2C1. The van der Waals surface area contributed by atoms with Crippen molar-refractivity contribution in [1.82, 2.24) is 19.9 Å². The van der Waals surface area contributed by atoms with E-state index in [0.29, 0.717) is 31.0 Å². The molecule has 2 aliphatic rings.